The van der Waals surface area contributed by atoms with Gasteiger partial charge in [-0.25, -0.2) is 9.18 Å². The Labute approximate surface area is 147 Å². The quantitative estimate of drug-likeness (QED) is 0.756. The van der Waals surface area contributed by atoms with E-state index in [-0.39, 0.29) is 17.8 Å². The molecule has 0 aliphatic carbocycles. The van der Waals surface area contributed by atoms with Crippen LogP contribution in [-0.2, 0) is 6.54 Å². The van der Waals surface area contributed by atoms with Gasteiger partial charge in [-0.3, -0.25) is 4.68 Å². The van der Waals surface area contributed by atoms with Crippen molar-refractivity contribution >= 4 is 6.03 Å². The van der Waals surface area contributed by atoms with Crippen molar-refractivity contribution in [3.05, 3.63) is 47.0 Å². The summed E-state index contributed by atoms with van der Waals surface area (Å²) in [5, 5.41) is 9.98. The normalized spacial score (nSPS) is 11.9. The first-order valence-electron chi connectivity index (χ1n) is 8.29. The zero-order valence-corrected chi connectivity index (χ0v) is 15.1. The van der Waals surface area contributed by atoms with E-state index in [0.717, 1.165) is 24.4 Å². The zero-order valence-electron chi connectivity index (χ0n) is 15.1. The molecule has 1 aromatic heterocycles. The molecule has 25 heavy (non-hydrogen) atoms. The number of benzene rings is 1. The molecule has 0 saturated carbocycles. The summed E-state index contributed by atoms with van der Waals surface area (Å²) in [4.78, 5) is 12.0. The van der Waals surface area contributed by atoms with Crippen LogP contribution in [0.4, 0.5) is 9.18 Å². The summed E-state index contributed by atoms with van der Waals surface area (Å²) in [6.45, 7) is 7.05. The Morgan fingerprint density at radius 1 is 1.36 bits per heavy atom. The molecule has 1 atom stereocenters. The van der Waals surface area contributed by atoms with Gasteiger partial charge in [0.1, 0.15) is 0 Å². The van der Waals surface area contributed by atoms with Gasteiger partial charge < -0.3 is 15.4 Å². The van der Waals surface area contributed by atoms with Gasteiger partial charge in [-0.1, -0.05) is 6.07 Å². The zero-order chi connectivity index (χ0) is 18.4. The van der Waals surface area contributed by atoms with Crippen LogP contribution < -0.4 is 15.4 Å². The summed E-state index contributed by atoms with van der Waals surface area (Å²) < 4.78 is 20.5. The van der Waals surface area contributed by atoms with Gasteiger partial charge in [0, 0.05) is 18.8 Å². The lowest BCUT2D eigenvalue weighted by Gasteiger charge is -2.16. The summed E-state index contributed by atoms with van der Waals surface area (Å²) in [6.07, 6.45) is 0.779. The Morgan fingerprint density at radius 3 is 2.72 bits per heavy atom. The third-order valence-electron chi connectivity index (χ3n) is 3.96. The van der Waals surface area contributed by atoms with Crippen LogP contribution in [0.2, 0.25) is 0 Å². The fourth-order valence-electron chi connectivity index (χ4n) is 2.62. The molecule has 2 N–H and O–H groups in total. The second-order valence-corrected chi connectivity index (χ2v) is 6.02. The smallest absolute Gasteiger partial charge is 0.315 e. The minimum Gasteiger partial charge on any atom is -0.494 e. The summed E-state index contributed by atoms with van der Waals surface area (Å²) in [5.74, 6) is -0.261. The van der Waals surface area contributed by atoms with Gasteiger partial charge in [-0.2, -0.15) is 5.10 Å². The third kappa shape index (κ3) is 5.20. The molecule has 0 aliphatic rings. The molecule has 0 fully saturated rings. The van der Waals surface area contributed by atoms with E-state index in [1.54, 1.807) is 19.1 Å². The maximum Gasteiger partial charge on any atom is 0.315 e. The van der Waals surface area contributed by atoms with Crippen LogP contribution in [0.3, 0.4) is 0 Å². The Hall–Kier alpha value is -2.57. The van der Waals surface area contributed by atoms with Crippen molar-refractivity contribution < 1.29 is 13.9 Å². The van der Waals surface area contributed by atoms with Gasteiger partial charge in [0.05, 0.1) is 18.8 Å². The number of methoxy groups -OCH3 is 1. The molecule has 0 bridgehead atoms. The predicted molar refractivity (Wildman–Crippen MR) is 94.2 cm³/mol. The van der Waals surface area contributed by atoms with E-state index in [1.807, 2.05) is 24.6 Å². The number of hydrogen-bond donors (Lipinski definition) is 2. The molecule has 6 nitrogen and oxygen atoms in total. The van der Waals surface area contributed by atoms with Gasteiger partial charge in [0.15, 0.2) is 11.6 Å². The molecule has 7 heteroatoms. The van der Waals surface area contributed by atoms with Crippen LogP contribution in [-0.4, -0.2) is 29.5 Å². The SMILES string of the molecule is COc1ccc(C(C)NC(=O)NCCCn2nc(C)cc2C)cc1F. The van der Waals surface area contributed by atoms with Crippen LogP contribution in [0.15, 0.2) is 24.3 Å². The van der Waals surface area contributed by atoms with E-state index in [1.165, 1.54) is 13.2 Å². The molecule has 2 rings (SSSR count). The van der Waals surface area contributed by atoms with Gasteiger partial charge in [0.25, 0.3) is 0 Å². The highest BCUT2D eigenvalue weighted by Crippen LogP contribution is 2.21. The second kappa shape index (κ2) is 8.50. The molecular formula is C18H25FN4O2. The predicted octanol–water partition coefficient (Wildman–Crippen LogP) is 3.10. The van der Waals surface area contributed by atoms with E-state index >= 15 is 0 Å². The van der Waals surface area contributed by atoms with Crippen molar-refractivity contribution in [3.63, 3.8) is 0 Å². The summed E-state index contributed by atoms with van der Waals surface area (Å²) in [5.41, 5.74) is 2.77. The molecule has 136 valence electrons. The molecule has 2 aromatic rings. The molecule has 1 heterocycles. The topological polar surface area (TPSA) is 68.2 Å². The van der Waals surface area contributed by atoms with Crippen molar-refractivity contribution in [1.82, 2.24) is 20.4 Å². The first-order valence-corrected chi connectivity index (χ1v) is 8.29. The third-order valence-corrected chi connectivity index (χ3v) is 3.96. The Morgan fingerprint density at radius 2 is 2.12 bits per heavy atom. The van der Waals surface area contributed by atoms with Crippen molar-refractivity contribution in [1.29, 1.82) is 0 Å². The maximum atomic E-state index is 13.7. The average molecular weight is 348 g/mol. The van der Waals surface area contributed by atoms with E-state index < -0.39 is 5.82 Å². The number of hydrogen-bond acceptors (Lipinski definition) is 3. The lowest BCUT2D eigenvalue weighted by Crippen LogP contribution is -2.37. The van der Waals surface area contributed by atoms with Gasteiger partial charge in [-0.05, 0) is 51.0 Å². The number of amides is 2. The van der Waals surface area contributed by atoms with Crippen molar-refractivity contribution in [2.24, 2.45) is 0 Å². The lowest BCUT2D eigenvalue weighted by molar-refractivity contribution is 0.237. The first kappa shape index (κ1) is 18.8. The fraction of sp³-hybridized carbons (Fsp3) is 0.444. The Balaban J connectivity index is 1.76. The number of urea groups is 1. The van der Waals surface area contributed by atoms with Crippen LogP contribution >= 0.6 is 0 Å². The molecule has 2 amide bonds. The fourth-order valence-corrected chi connectivity index (χ4v) is 2.62. The molecule has 0 radical (unpaired) electrons. The number of nitrogens with one attached hydrogen (secondary N) is 2. The maximum absolute atomic E-state index is 13.7. The number of carbonyl (C=O) groups is 1. The molecule has 0 saturated heterocycles. The van der Waals surface area contributed by atoms with Crippen LogP contribution in [0.25, 0.3) is 0 Å². The minimum atomic E-state index is -0.445. The summed E-state index contributed by atoms with van der Waals surface area (Å²) in [7, 11) is 1.42. The van der Waals surface area contributed by atoms with E-state index in [2.05, 4.69) is 15.7 Å². The van der Waals surface area contributed by atoms with Crippen molar-refractivity contribution in [2.45, 2.75) is 39.8 Å². The lowest BCUT2D eigenvalue weighted by atomic mass is 10.1. The number of rotatable bonds is 7. The standard InChI is InChI=1S/C18H25FN4O2/c1-12-10-13(2)23(22-12)9-5-8-20-18(24)21-14(3)15-6-7-17(25-4)16(19)11-15/h6-7,10-11,14H,5,8-9H2,1-4H3,(H2,20,21,24). The van der Waals surface area contributed by atoms with E-state index in [9.17, 15) is 9.18 Å². The molecule has 0 aliphatic heterocycles. The van der Waals surface area contributed by atoms with Crippen LogP contribution in [0.1, 0.15) is 36.3 Å². The Kier molecular flexibility index (Phi) is 6.38. The minimum absolute atomic E-state index is 0.185. The van der Waals surface area contributed by atoms with E-state index in [4.69, 9.17) is 4.74 Å². The first-order chi connectivity index (χ1) is 11.9. The molecular weight excluding hydrogens is 323 g/mol. The number of aromatic nitrogens is 2. The highest BCUT2D eigenvalue weighted by molar-refractivity contribution is 5.74. The molecule has 0 spiro atoms. The monoisotopic (exact) mass is 348 g/mol. The average Bonchev–Trinajstić information content (AvgIpc) is 2.89. The van der Waals surface area contributed by atoms with Gasteiger partial charge in [-0.15, -0.1) is 0 Å². The number of aryl methyl sites for hydroxylation is 3. The van der Waals surface area contributed by atoms with Crippen molar-refractivity contribution in [2.75, 3.05) is 13.7 Å². The summed E-state index contributed by atoms with van der Waals surface area (Å²) >= 11 is 0. The highest BCUT2D eigenvalue weighted by atomic mass is 19.1. The van der Waals surface area contributed by atoms with Gasteiger partial charge in [0.2, 0.25) is 0 Å². The van der Waals surface area contributed by atoms with Crippen LogP contribution in [0.5, 0.6) is 5.75 Å². The number of ether oxygens (including phenoxy) is 1. The van der Waals surface area contributed by atoms with Crippen LogP contribution in [0, 0.1) is 19.7 Å². The second-order valence-electron chi connectivity index (χ2n) is 6.02. The highest BCUT2D eigenvalue weighted by Gasteiger charge is 2.12. The molecule has 1 aromatic carbocycles. The largest absolute Gasteiger partial charge is 0.494 e. The van der Waals surface area contributed by atoms with Crippen molar-refractivity contribution in [3.8, 4) is 5.75 Å². The number of halogens is 1. The van der Waals surface area contributed by atoms with E-state index in [0.29, 0.717) is 12.1 Å². The Bertz CT molecular complexity index is 730. The summed E-state index contributed by atoms with van der Waals surface area (Å²) in [6, 6.07) is 6.08. The van der Waals surface area contributed by atoms with Gasteiger partial charge >= 0.3 is 6.03 Å². The number of nitrogens with zero attached hydrogens (tertiary/aromatic N) is 2. The number of carbonyl (C=O) groups excluding carboxylic acids is 1. The molecule has 1 unspecified atom stereocenters.